The molecule has 1 fully saturated rings. The molecule has 202 valence electrons. The summed E-state index contributed by atoms with van der Waals surface area (Å²) >= 11 is 6.41. The molecule has 0 aliphatic heterocycles. The van der Waals surface area contributed by atoms with Crippen LogP contribution >= 0.6 is 11.6 Å². The molecule has 1 aromatic heterocycles. The Balaban J connectivity index is 1.62. The highest BCUT2D eigenvalue weighted by Gasteiger charge is 2.59. The number of nitrogens with one attached hydrogen (secondary N) is 2. The van der Waals surface area contributed by atoms with Gasteiger partial charge in [-0.05, 0) is 47.6 Å². The van der Waals surface area contributed by atoms with Crippen molar-refractivity contribution in [2.45, 2.75) is 71.0 Å². The quantitative estimate of drug-likeness (QED) is 0.378. The lowest BCUT2D eigenvalue weighted by Crippen LogP contribution is -2.51. The van der Waals surface area contributed by atoms with E-state index in [9.17, 15) is 22.8 Å². The third-order valence-electron chi connectivity index (χ3n) is 7.06. The minimum absolute atomic E-state index is 0.121. The molecule has 0 bridgehead atoms. The molecule has 10 heteroatoms. The molecule has 2 aromatic carbocycles. The van der Waals surface area contributed by atoms with E-state index < -0.39 is 23.2 Å². The summed E-state index contributed by atoms with van der Waals surface area (Å²) in [4.78, 5) is 36.4. The Morgan fingerprint density at radius 3 is 2.42 bits per heavy atom. The number of H-pyrrole nitrogens is 1. The third kappa shape index (κ3) is 5.77. The number of hydrogen-bond acceptors (Lipinski definition) is 4. The zero-order valence-electron chi connectivity index (χ0n) is 21.5. The van der Waals surface area contributed by atoms with Gasteiger partial charge < -0.3 is 5.32 Å². The molecule has 4 rings (SSSR count). The van der Waals surface area contributed by atoms with Gasteiger partial charge in [-0.2, -0.15) is 18.2 Å². The first-order chi connectivity index (χ1) is 17.8. The van der Waals surface area contributed by atoms with E-state index in [0.717, 1.165) is 5.56 Å². The number of nitrogens with zero attached hydrogens (tertiary/aromatic N) is 2. The van der Waals surface area contributed by atoms with E-state index >= 15 is 0 Å². The Hall–Kier alpha value is -3.20. The van der Waals surface area contributed by atoms with E-state index in [1.165, 1.54) is 0 Å². The van der Waals surface area contributed by atoms with E-state index in [1.54, 1.807) is 18.2 Å². The molecule has 1 amide bonds. The van der Waals surface area contributed by atoms with Crippen molar-refractivity contribution in [3.63, 3.8) is 0 Å². The molecule has 1 heterocycles. The number of alkyl halides is 3. The monoisotopic (exact) mass is 546 g/mol. The zero-order chi connectivity index (χ0) is 27.7. The van der Waals surface area contributed by atoms with Crippen LogP contribution in [0.15, 0.2) is 47.3 Å². The standard InChI is InChI=1S/C28H30ClF3N4O2/c1-26(2,3)19-9-7-8-18(15-19)22-34-23(36-25(38)35-22)20-14-17(10-11-21(20)29)16-33-24(37)27(28(30,31)32)12-5-4-6-13-27/h7-11,14-15H,4-6,12-13,16H2,1-3H3,(H,33,37)(H,34,35,36,38). The average Bonchev–Trinajstić information content (AvgIpc) is 2.87. The van der Waals surface area contributed by atoms with Gasteiger partial charge in [0.15, 0.2) is 5.82 Å². The minimum Gasteiger partial charge on any atom is -0.351 e. The third-order valence-corrected chi connectivity index (χ3v) is 7.39. The summed E-state index contributed by atoms with van der Waals surface area (Å²) in [5.41, 5.74) is -0.513. The lowest BCUT2D eigenvalue weighted by atomic mass is 9.72. The normalized spacial score (nSPS) is 15.8. The van der Waals surface area contributed by atoms with Crippen LogP contribution in [0.5, 0.6) is 0 Å². The maximum absolute atomic E-state index is 13.9. The molecule has 1 aliphatic rings. The van der Waals surface area contributed by atoms with Crippen LogP contribution in [0.2, 0.25) is 5.02 Å². The molecule has 2 N–H and O–H groups in total. The van der Waals surface area contributed by atoms with Gasteiger partial charge in [0.05, 0.1) is 5.02 Å². The Kier molecular flexibility index (Phi) is 7.70. The Bertz CT molecular complexity index is 1390. The van der Waals surface area contributed by atoms with Crippen LogP contribution in [0.3, 0.4) is 0 Å². The fourth-order valence-corrected chi connectivity index (χ4v) is 4.98. The van der Waals surface area contributed by atoms with Gasteiger partial charge in [0, 0.05) is 17.7 Å². The van der Waals surface area contributed by atoms with Gasteiger partial charge >= 0.3 is 11.9 Å². The molecule has 0 radical (unpaired) electrons. The van der Waals surface area contributed by atoms with Gasteiger partial charge in [-0.1, -0.05) is 75.9 Å². The van der Waals surface area contributed by atoms with E-state index in [-0.39, 0.29) is 41.5 Å². The highest BCUT2D eigenvalue weighted by atomic mass is 35.5. The van der Waals surface area contributed by atoms with Gasteiger partial charge in [-0.3, -0.25) is 9.78 Å². The van der Waals surface area contributed by atoms with Crippen molar-refractivity contribution in [3.05, 3.63) is 69.1 Å². The minimum atomic E-state index is -4.62. The van der Waals surface area contributed by atoms with Crippen molar-refractivity contribution in [2.75, 3.05) is 0 Å². The van der Waals surface area contributed by atoms with Gasteiger partial charge in [0.25, 0.3) is 0 Å². The van der Waals surface area contributed by atoms with Crippen molar-refractivity contribution in [3.8, 4) is 22.8 Å². The first-order valence-corrected chi connectivity index (χ1v) is 12.9. The van der Waals surface area contributed by atoms with Crippen LogP contribution in [0.25, 0.3) is 22.8 Å². The maximum Gasteiger partial charge on any atom is 0.403 e. The summed E-state index contributed by atoms with van der Waals surface area (Å²) in [6, 6.07) is 12.4. The Labute approximate surface area is 224 Å². The van der Waals surface area contributed by atoms with E-state index in [0.29, 0.717) is 36.0 Å². The van der Waals surface area contributed by atoms with Crippen LogP contribution in [0.4, 0.5) is 13.2 Å². The number of aromatic nitrogens is 3. The van der Waals surface area contributed by atoms with E-state index in [1.807, 2.05) is 24.3 Å². The van der Waals surface area contributed by atoms with Gasteiger partial charge in [-0.15, -0.1) is 0 Å². The lowest BCUT2D eigenvalue weighted by Gasteiger charge is -2.37. The van der Waals surface area contributed by atoms with E-state index in [2.05, 4.69) is 41.0 Å². The number of amides is 1. The summed E-state index contributed by atoms with van der Waals surface area (Å²) < 4.78 is 41.7. The molecule has 6 nitrogen and oxygen atoms in total. The molecule has 0 saturated heterocycles. The number of benzene rings is 2. The predicted molar refractivity (Wildman–Crippen MR) is 141 cm³/mol. The average molecular weight is 547 g/mol. The molecule has 3 aromatic rings. The molecule has 38 heavy (non-hydrogen) atoms. The van der Waals surface area contributed by atoms with Gasteiger partial charge in [0.2, 0.25) is 5.91 Å². The molecular weight excluding hydrogens is 517 g/mol. The van der Waals surface area contributed by atoms with Crippen molar-refractivity contribution < 1.29 is 18.0 Å². The van der Waals surface area contributed by atoms with Crippen LogP contribution < -0.4 is 11.0 Å². The first kappa shape index (κ1) is 27.8. The SMILES string of the molecule is CC(C)(C)c1cccc(-c2nc(-c3cc(CNC(=O)C4(C(F)(F)F)CCCCC4)ccc3Cl)[nH]c(=O)n2)c1. The second-order valence-electron chi connectivity index (χ2n) is 10.8. The fourth-order valence-electron chi connectivity index (χ4n) is 4.78. The lowest BCUT2D eigenvalue weighted by molar-refractivity contribution is -0.230. The second kappa shape index (κ2) is 10.5. The highest BCUT2D eigenvalue weighted by Crippen LogP contribution is 2.49. The van der Waals surface area contributed by atoms with Crippen LogP contribution in [0.1, 0.15) is 64.0 Å². The molecular formula is C28H30ClF3N4O2. The van der Waals surface area contributed by atoms with Crippen LogP contribution in [0, 0.1) is 5.41 Å². The smallest absolute Gasteiger partial charge is 0.351 e. The Morgan fingerprint density at radius 1 is 1.05 bits per heavy atom. The number of rotatable bonds is 5. The summed E-state index contributed by atoms with van der Waals surface area (Å²) in [5.74, 6) is -0.634. The molecule has 1 aliphatic carbocycles. The van der Waals surface area contributed by atoms with Crippen molar-refractivity contribution in [1.82, 2.24) is 20.3 Å². The van der Waals surface area contributed by atoms with Crippen molar-refractivity contribution >= 4 is 17.5 Å². The molecule has 0 spiro atoms. The number of aromatic amines is 1. The van der Waals surface area contributed by atoms with Gasteiger partial charge in [-0.25, -0.2) is 9.78 Å². The number of hydrogen-bond donors (Lipinski definition) is 2. The van der Waals surface area contributed by atoms with Crippen LogP contribution in [-0.4, -0.2) is 27.0 Å². The highest BCUT2D eigenvalue weighted by molar-refractivity contribution is 6.33. The maximum atomic E-state index is 13.9. The van der Waals surface area contributed by atoms with Crippen LogP contribution in [-0.2, 0) is 16.8 Å². The zero-order valence-corrected chi connectivity index (χ0v) is 22.3. The summed E-state index contributed by atoms with van der Waals surface area (Å²) in [6.07, 6.45) is -3.64. The summed E-state index contributed by atoms with van der Waals surface area (Å²) in [5, 5.41) is 2.76. The Morgan fingerprint density at radius 2 is 1.76 bits per heavy atom. The largest absolute Gasteiger partial charge is 0.403 e. The molecule has 1 saturated carbocycles. The number of carbonyl (C=O) groups is 1. The summed E-state index contributed by atoms with van der Waals surface area (Å²) in [7, 11) is 0. The second-order valence-corrected chi connectivity index (χ2v) is 11.2. The summed E-state index contributed by atoms with van der Waals surface area (Å²) in [6.45, 7) is 6.10. The molecule has 0 unspecified atom stereocenters. The van der Waals surface area contributed by atoms with E-state index in [4.69, 9.17) is 11.6 Å². The van der Waals surface area contributed by atoms with Gasteiger partial charge in [0.1, 0.15) is 11.2 Å². The van der Waals surface area contributed by atoms with Crippen molar-refractivity contribution in [1.29, 1.82) is 0 Å². The number of carbonyl (C=O) groups excluding carboxylic acids is 1. The van der Waals surface area contributed by atoms with Crippen molar-refractivity contribution in [2.24, 2.45) is 5.41 Å². The predicted octanol–water partition coefficient (Wildman–Crippen LogP) is 6.58. The first-order valence-electron chi connectivity index (χ1n) is 12.5. The topological polar surface area (TPSA) is 87.7 Å². The number of halogens is 4. The molecule has 0 atom stereocenters. The fraction of sp³-hybridized carbons (Fsp3) is 0.429.